The Labute approximate surface area is 428 Å². The SMILES string of the molecule is [2H]c1c([2H])c([2H])c(-c2cnc(-n3c4[c-]c(Oc5[c-]c(N6[CH-]N(c7cc(C(C)(C)C)cc(C(C)(C)C)c7)c7c(-c8ccccc8)cccc76)ccc5)c(-c5ccccc5)cc4c4ccccc43)cc2C)c([2H])c1[2H].[Pt]. The summed E-state index contributed by atoms with van der Waals surface area (Å²) < 4.78 is 51.2. The van der Waals surface area contributed by atoms with Crippen molar-refractivity contribution in [3.05, 3.63) is 224 Å². The molecule has 5 nitrogen and oxygen atoms in total. The smallest absolute Gasteiger partial charge is 0.135 e. The summed E-state index contributed by atoms with van der Waals surface area (Å²) in [6.45, 7) is 17.7. The molecular formula is C63H53N4OPt-3. The van der Waals surface area contributed by atoms with Gasteiger partial charge in [0.2, 0.25) is 0 Å². The Morgan fingerprint density at radius 2 is 1.25 bits per heavy atom. The Morgan fingerprint density at radius 1 is 0.594 bits per heavy atom. The molecule has 0 N–H and O–H groups in total. The average molecular weight is 1080 g/mol. The number of fused-ring (bicyclic) bond motifs is 4. The van der Waals surface area contributed by atoms with Crippen LogP contribution in [0.2, 0.25) is 0 Å². The maximum Gasteiger partial charge on any atom is 0.135 e. The molecule has 11 rings (SSSR count). The Morgan fingerprint density at radius 3 is 1.93 bits per heavy atom. The summed E-state index contributed by atoms with van der Waals surface area (Å²) in [4.78, 5) is 9.44. The second kappa shape index (κ2) is 18.0. The maximum atomic E-state index is 8.68. The van der Waals surface area contributed by atoms with Crippen LogP contribution in [0.3, 0.4) is 0 Å². The Hall–Kier alpha value is -7.20. The number of rotatable bonds is 8. The van der Waals surface area contributed by atoms with Gasteiger partial charge in [-0.3, -0.25) is 0 Å². The van der Waals surface area contributed by atoms with Crippen LogP contribution in [0.15, 0.2) is 188 Å². The quantitative estimate of drug-likeness (QED) is 0.142. The van der Waals surface area contributed by atoms with Crippen molar-refractivity contribution in [1.82, 2.24) is 9.55 Å². The van der Waals surface area contributed by atoms with E-state index in [1.165, 1.54) is 11.1 Å². The first-order chi connectivity index (χ1) is 35.0. The van der Waals surface area contributed by atoms with Crippen molar-refractivity contribution in [2.24, 2.45) is 0 Å². The predicted octanol–water partition coefficient (Wildman–Crippen LogP) is 16.9. The first-order valence-corrected chi connectivity index (χ1v) is 23.0. The summed E-state index contributed by atoms with van der Waals surface area (Å²) >= 11 is 0. The third kappa shape index (κ3) is 8.55. The number of hydrogen-bond acceptors (Lipinski definition) is 4. The van der Waals surface area contributed by atoms with Crippen LogP contribution >= 0.6 is 0 Å². The zero-order chi connectivity index (χ0) is 51.1. The molecule has 344 valence electrons. The molecule has 2 aromatic heterocycles. The molecule has 0 unspecified atom stereocenters. The van der Waals surface area contributed by atoms with E-state index >= 15 is 0 Å². The summed E-state index contributed by atoms with van der Waals surface area (Å²) in [6, 6.07) is 58.0. The topological polar surface area (TPSA) is 33.5 Å². The monoisotopic (exact) mass is 1080 g/mol. The van der Waals surface area contributed by atoms with E-state index in [4.69, 9.17) is 16.6 Å². The normalized spacial score (nSPS) is 13.6. The minimum Gasteiger partial charge on any atom is -0.509 e. The maximum absolute atomic E-state index is 8.68. The van der Waals surface area contributed by atoms with Gasteiger partial charge in [0.05, 0.1) is 6.85 Å². The van der Waals surface area contributed by atoms with Crippen LogP contribution in [0.1, 0.15) is 65.1 Å². The molecule has 3 heterocycles. The van der Waals surface area contributed by atoms with Gasteiger partial charge >= 0.3 is 0 Å². The second-order valence-electron chi connectivity index (χ2n) is 19.5. The molecule has 8 aromatic carbocycles. The standard InChI is InChI=1S/C63H53N4O.Pt/c1-42-33-60(64-40-55(42)45-25-15-10-16-26-45)67-56-31-18-17-29-52(56)54-38-53(44-23-13-9-14-24-44)59(39-58(54)67)68-50-28-19-27-48(37-50)65-41-66(49-35-46(62(2,3)4)34-47(36-49)63(5,6)7)61-51(30-20-32-57(61)65)43-21-11-8-12-22-43;/h8-36,38,40-41H,1-7H3;/q-3;/i10D,15D,16D,25D,26D;. The summed E-state index contributed by atoms with van der Waals surface area (Å²) in [5.41, 5.74) is 13.3. The van der Waals surface area contributed by atoms with Gasteiger partial charge in [-0.2, -0.15) is 12.1 Å². The molecule has 0 fully saturated rings. The molecular weight excluding hydrogens is 1020 g/mol. The van der Waals surface area contributed by atoms with Crippen molar-refractivity contribution in [1.29, 1.82) is 0 Å². The number of aromatic nitrogens is 2. The number of pyridine rings is 1. The summed E-state index contributed by atoms with van der Waals surface area (Å²) in [6.07, 6.45) is 1.59. The number of anilines is 4. The van der Waals surface area contributed by atoms with Gasteiger partial charge in [-0.25, -0.2) is 4.98 Å². The van der Waals surface area contributed by atoms with E-state index in [1.807, 2.05) is 66.1 Å². The van der Waals surface area contributed by atoms with Crippen molar-refractivity contribution in [3.8, 4) is 50.7 Å². The van der Waals surface area contributed by atoms with Crippen LogP contribution in [-0.2, 0) is 31.9 Å². The molecule has 1 aliphatic rings. The average Bonchev–Trinajstić information content (AvgIpc) is 3.94. The number of benzene rings is 8. The molecule has 0 radical (unpaired) electrons. The molecule has 0 aliphatic carbocycles. The minimum absolute atomic E-state index is 0. The number of aryl methyl sites for hydroxylation is 1. The minimum atomic E-state index is -0.435. The van der Waals surface area contributed by atoms with Crippen molar-refractivity contribution in [3.63, 3.8) is 0 Å². The van der Waals surface area contributed by atoms with Crippen molar-refractivity contribution >= 4 is 44.6 Å². The van der Waals surface area contributed by atoms with Crippen LogP contribution in [0.5, 0.6) is 11.5 Å². The van der Waals surface area contributed by atoms with Gasteiger partial charge in [0.1, 0.15) is 5.82 Å². The van der Waals surface area contributed by atoms with Gasteiger partial charge in [-0.1, -0.05) is 185 Å². The largest absolute Gasteiger partial charge is 0.509 e. The molecule has 69 heavy (non-hydrogen) atoms. The fourth-order valence-electron chi connectivity index (χ4n) is 9.19. The molecule has 0 saturated heterocycles. The van der Waals surface area contributed by atoms with Gasteiger partial charge < -0.3 is 19.1 Å². The van der Waals surface area contributed by atoms with E-state index in [0.29, 0.717) is 28.4 Å². The van der Waals surface area contributed by atoms with Crippen LogP contribution in [-0.4, -0.2) is 9.55 Å². The van der Waals surface area contributed by atoms with Crippen LogP contribution in [0.25, 0.3) is 61.0 Å². The van der Waals surface area contributed by atoms with E-state index in [1.54, 1.807) is 6.20 Å². The Balaban J connectivity index is 0.00000626. The fraction of sp³-hybridized carbons (Fsp3) is 0.143. The van der Waals surface area contributed by atoms with Gasteiger partial charge in [0.15, 0.2) is 0 Å². The zero-order valence-electron chi connectivity index (χ0n) is 44.6. The van der Waals surface area contributed by atoms with Crippen LogP contribution in [0, 0.1) is 25.7 Å². The van der Waals surface area contributed by atoms with E-state index < -0.39 is 6.04 Å². The third-order valence-electron chi connectivity index (χ3n) is 12.8. The number of para-hydroxylation sites is 2. The first kappa shape index (κ1) is 39.8. The summed E-state index contributed by atoms with van der Waals surface area (Å²) in [7, 11) is 0. The summed E-state index contributed by atoms with van der Waals surface area (Å²) in [5, 5.41) is 1.93. The first-order valence-electron chi connectivity index (χ1n) is 25.5. The van der Waals surface area contributed by atoms with Gasteiger partial charge in [-0.05, 0) is 81.3 Å². The zero-order valence-corrected chi connectivity index (χ0v) is 41.9. The second-order valence-corrected chi connectivity index (χ2v) is 19.5. The molecule has 10 aromatic rings. The van der Waals surface area contributed by atoms with Crippen molar-refractivity contribution in [2.75, 3.05) is 9.80 Å². The van der Waals surface area contributed by atoms with Gasteiger partial charge in [0, 0.05) is 72.5 Å². The molecule has 1 aliphatic heterocycles. The van der Waals surface area contributed by atoms with Gasteiger partial charge in [0.25, 0.3) is 0 Å². The van der Waals surface area contributed by atoms with Gasteiger partial charge in [-0.15, -0.1) is 42.0 Å². The number of nitrogens with zero attached hydrogens (tertiary/aromatic N) is 4. The molecule has 0 saturated carbocycles. The fourth-order valence-corrected chi connectivity index (χ4v) is 9.19. The molecule has 0 atom stereocenters. The third-order valence-corrected chi connectivity index (χ3v) is 12.8. The summed E-state index contributed by atoms with van der Waals surface area (Å²) in [5.74, 6) is 1.58. The molecule has 0 spiro atoms. The molecule has 0 bridgehead atoms. The van der Waals surface area contributed by atoms with E-state index in [9.17, 15) is 0 Å². The predicted molar refractivity (Wildman–Crippen MR) is 283 cm³/mol. The van der Waals surface area contributed by atoms with Crippen molar-refractivity contribution < 1.29 is 32.7 Å². The van der Waals surface area contributed by atoms with Crippen LogP contribution < -0.4 is 14.5 Å². The number of hydrogen-bond donors (Lipinski definition) is 0. The molecule has 6 heteroatoms. The Kier molecular flexibility index (Phi) is 10.4. The van der Waals surface area contributed by atoms with E-state index in [-0.39, 0.29) is 61.6 Å². The van der Waals surface area contributed by atoms with Crippen molar-refractivity contribution in [2.45, 2.75) is 59.3 Å². The number of ether oxygens (including phenoxy) is 1. The molecule has 0 amide bonds. The van der Waals surface area contributed by atoms with E-state index in [2.05, 4.69) is 167 Å². The van der Waals surface area contributed by atoms with E-state index in [0.717, 1.165) is 66.8 Å². The Bertz CT molecular complexity index is 3750. The van der Waals surface area contributed by atoms with Crippen LogP contribution in [0.4, 0.5) is 22.7 Å².